The number of hydrogen-bond donors (Lipinski definition) is 1. The van der Waals surface area contributed by atoms with Crippen LogP contribution >= 0.6 is 0 Å². The van der Waals surface area contributed by atoms with E-state index in [0.717, 1.165) is 58.0 Å². The van der Waals surface area contributed by atoms with Gasteiger partial charge in [0.15, 0.2) is 0 Å². The molecule has 7 nitrogen and oxygen atoms in total. The van der Waals surface area contributed by atoms with Crippen LogP contribution in [0.25, 0.3) is 0 Å². The molecule has 32 heavy (non-hydrogen) atoms. The summed E-state index contributed by atoms with van der Waals surface area (Å²) in [5, 5.41) is 2.86. The number of hydrogen-bond acceptors (Lipinski definition) is 4. The molecule has 1 saturated carbocycles. The number of carbonyl (C=O) groups is 2. The van der Waals surface area contributed by atoms with E-state index in [1.807, 2.05) is 4.57 Å². The minimum Gasteiger partial charge on any atom is -0.352 e. The standard InChI is InChI=1S/C25H40N4O3/c1-4-7-14-26-24(31)21-17-29(19-11-9-8-10-12-19)18-22(23(21)30)25(32)28-15-13-20(16-28)27(5-2)6-3/h17-20H,4-16H2,1-3H3,(H,26,31)/t20-/m1/s1. The van der Waals surface area contributed by atoms with Crippen LogP contribution in [-0.4, -0.2) is 64.9 Å². The summed E-state index contributed by atoms with van der Waals surface area (Å²) < 4.78 is 1.97. The molecule has 0 spiro atoms. The summed E-state index contributed by atoms with van der Waals surface area (Å²) in [6.45, 7) is 10.0. The van der Waals surface area contributed by atoms with Gasteiger partial charge in [-0.1, -0.05) is 46.5 Å². The molecule has 1 N–H and O–H groups in total. The lowest BCUT2D eigenvalue weighted by Gasteiger charge is -2.27. The van der Waals surface area contributed by atoms with E-state index in [-0.39, 0.29) is 29.0 Å². The Balaban J connectivity index is 1.89. The molecule has 1 aliphatic carbocycles. The number of pyridine rings is 1. The number of unbranched alkanes of at least 4 members (excludes halogenated alkanes) is 1. The number of nitrogens with one attached hydrogen (secondary N) is 1. The largest absolute Gasteiger partial charge is 0.352 e. The first-order valence-electron chi connectivity index (χ1n) is 12.6. The van der Waals surface area contributed by atoms with E-state index in [9.17, 15) is 14.4 Å². The second kappa shape index (κ2) is 11.6. The van der Waals surface area contributed by atoms with Crippen molar-refractivity contribution in [1.29, 1.82) is 0 Å². The lowest BCUT2D eigenvalue weighted by Crippen LogP contribution is -2.40. The summed E-state index contributed by atoms with van der Waals surface area (Å²) in [6, 6.07) is 0.565. The molecule has 1 aromatic heterocycles. The SMILES string of the molecule is CCCCNC(=O)c1cn(C2CCCCC2)cc(C(=O)N2CC[C@@H](N(CC)CC)C2)c1=O. The van der Waals surface area contributed by atoms with Crippen molar-refractivity contribution in [3.8, 4) is 0 Å². The van der Waals surface area contributed by atoms with Crippen molar-refractivity contribution < 1.29 is 9.59 Å². The smallest absolute Gasteiger partial charge is 0.259 e. The van der Waals surface area contributed by atoms with Crippen LogP contribution in [0.1, 0.15) is 98.9 Å². The molecule has 0 radical (unpaired) electrons. The Morgan fingerprint density at radius 1 is 1.03 bits per heavy atom. The fourth-order valence-electron chi connectivity index (χ4n) is 5.11. The third-order valence-corrected chi connectivity index (χ3v) is 7.11. The van der Waals surface area contributed by atoms with Gasteiger partial charge >= 0.3 is 0 Å². The van der Waals surface area contributed by atoms with Gasteiger partial charge in [-0.25, -0.2) is 0 Å². The highest BCUT2D eigenvalue weighted by Gasteiger charge is 2.32. The molecule has 0 bridgehead atoms. The molecule has 2 amide bonds. The quantitative estimate of drug-likeness (QED) is 0.592. The van der Waals surface area contributed by atoms with E-state index in [4.69, 9.17) is 0 Å². The Hall–Kier alpha value is -2.15. The third-order valence-electron chi connectivity index (χ3n) is 7.11. The molecule has 1 aromatic rings. The summed E-state index contributed by atoms with van der Waals surface area (Å²) in [6.07, 6.45) is 11.7. The van der Waals surface area contributed by atoms with Crippen LogP contribution in [0.15, 0.2) is 17.2 Å². The van der Waals surface area contributed by atoms with Crippen molar-refractivity contribution in [2.24, 2.45) is 0 Å². The molecule has 2 fully saturated rings. The van der Waals surface area contributed by atoms with Crippen molar-refractivity contribution in [2.75, 3.05) is 32.7 Å². The Labute approximate surface area is 192 Å². The zero-order chi connectivity index (χ0) is 23.1. The number of amides is 2. The van der Waals surface area contributed by atoms with Crippen LogP contribution in [0.5, 0.6) is 0 Å². The van der Waals surface area contributed by atoms with Gasteiger partial charge in [0.1, 0.15) is 11.1 Å². The molecular weight excluding hydrogens is 404 g/mol. The number of carbonyl (C=O) groups excluding carboxylic acids is 2. The van der Waals surface area contributed by atoms with Gasteiger partial charge in [-0.15, -0.1) is 0 Å². The van der Waals surface area contributed by atoms with Gasteiger partial charge in [-0.3, -0.25) is 19.3 Å². The van der Waals surface area contributed by atoms with Gasteiger partial charge in [0.2, 0.25) is 5.43 Å². The highest BCUT2D eigenvalue weighted by molar-refractivity contribution is 5.99. The lowest BCUT2D eigenvalue weighted by molar-refractivity contribution is 0.0775. The predicted molar refractivity (Wildman–Crippen MR) is 127 cm³/mol. The maximum Gasteiger partial charge on any atom is 0.259 e. The van der Waals surface area contributed by atoms with Crippen molar-refractivity contribution in [2.45, 2.75) is 84.2 Å². The van der Waals surface area contributed by atoms with Crippen LogP contribution in [0.3, 0.4) is 0 Å². The van der Waals surface area contributed by atoms with Gasteiger partial charge in [0, 0.05) is 44.1 Å². The maximum absolute atomic E-state index is 13.4. The Morgan fingerprint density at radius 2 is 1.72 bits per heavy atom. The average Bonchev–Trinajstić information content (AvgIpc) is 3.30. The van der Waals surface area contributed by atoms with Gasteiger partial charge in [0.05, 0.1) is 0 Å². The zero-order valence-corrected chi connectivity index (χ0v) is 20.1. The number of likely N-dealkylation sites (tertiary alicyclic amines) is 1. The normalized spacial score (nSPS) is 19.5. The molecule has 1 atom stereocenters. The first kappa shape index (κ1) is 24.5. The summed E-state index contributed by atoms with van der Waals surface area (Å²) in [5.74, 6) is -0.609. The summed E-state index contributed by atoms with van der Waals surface area (Å²) in [5.41, 5.74) is -0.210. The number of likely N-dealkylation sites (N-methyl/N-ethyl adjacent to an activating group) is 1. The molecule has 2 heterocycles. The summed E-state index contributed by atoms with van der Waals surface area (Å²) >= 11 is 0. The van der Waals surface area contributed by atoms with Gasteiger partial charge < -0.3 is 14.8 Å². The van der Waals surface area contributed by atoms with Crippen LogP contribution in [0.2, 0.25) is 0 Å². The first-order valence-corrected chi connectivity index (χ1v) is 12.6. The van der Waals surface area contributed by atoms with Crippen LogP contribution < -0.4 is 10.7 Å². The second-order valence-corrected chi connectivity index (χ2v) is 9.18. The first-order chi connectivity index (χ1) is 15.5. The lowest BCUT2D eigenvalue weighted by atomic mass is 9.95. The minimum atomic E-state index is -0.442. The maximum atomic E-state index is 13.4. The third kappa shape index (κ3) is 5.61. The molecule has 7 heteroatoms. The molecule has 0 aromatic carbocycles. The van der Waals surface area contributed by atoms with Crippen molar-refractivity contribution in [1.82, 2.24) is 19.7 Å². The van der Waals surface area contributed by atoms with Crippen molar-refractivity contribution in [3.05, 3.63) is 33.7 Å². The van der Waals surface area contributed by atoms with Crippen molar-refractivity contribution in [3.63, 3.8) is 0 Å². The second-order valence-electron chi connectivity index (χ2n) is 9.18. The van der Waals surface area contributed by atoms with E-state index < -0.39 is 5.43 Å². The van der Waals surface area contributed by atoms with E-state index in [0.29, 0.717) is 25.7 Å². The summed E-state index contributed by atoms with van der Waals surface area (Å²) in [4.78, 5) is 43.7. The van der Waals surface area contributed by atoms with Crippen molar-refractivity contribution >= 4 is 11.8 Å². The molecule has 2 aliphatic rings. The fourth-order valence-corrected chi connectivity index (χ4v) is 5.11. The number of aromatic nitrogens is 1. The Bertz CT molecular complexity index is 840. The topological polar surface area (TPSA) is 74.7 Å². The minimum absolute atomic E-state index is 0.0945. The molecule has 1 aliphatic heterocycles. The monoisotopic (exact) mass is 444 g/mol. The Morgan fingerprint density at radius 3 is 2.38 bits per heavy atom. The number of rotatable bonds is 9. The highest BCUT2D eigenvalue weighted by atomic mass is 16.2. The van der Waals surface area contributed by atoms with E-state index in [2.05, 4.69) is 31.0 Å². The summed E-state index contributed by atoms with van der Waals surface area (Å²) in [7, 11) is 0. The molecule has 1 saturated heterocycles. The van der Waals surface area contributed by atoms with Crippen LogP contribution in [0, 0.1) is 0 Å². The van der Waals surface area contributed by atoms with E-state index >= 15 is 0 Å². The van der Waals surface area contributed by atoms with Gasteiger partial charge in [-0.05, 0) is 38.8 Å². The average molecular weight is 445 g/mol. The van der Waals surface area contributed by atoms with E-state index in [1.165, 1.54) is 6.42 Å². The highest BCUT2D eigenvalue weighted by Crippen LogP contribution is 2.28. The molecule has 178 valence electrons. The zero-order valence-electron chi connectivity index (χ0n) is 20.1. The number of nitrogens with zero attached hydrogens (tertiary/aromatic N) is 3. The predicted octanol–water partition coefficient (Wildman–Crippen LogP) is 3.44. The van der Waals surface area contributed by atoms with Crippen LogP contribution in [-0.2, 0) is 0 Å². The molecule has 0 unspecified atom stereocenters. The fraction of sp³-hybridized carbons (Fsp3) is 0.720. The van der Waals surface area contributed by atoms with Gasteiger partial charge in [-0.2, -0.15) is 0 Å². The van der Waals surface area contributed by atoms with Crippen LogP contribution in [0.4, 0.5) is 0 Å². The molecular formula is C25H40N4O3. The molecule has 3 rings (SSSR count). The van der Waals surface area contributed by atoms with E-state index in [1.54, 1.807) is 17.3 Å². The van der Waals surface area contributed by atoms with Gasteiger partial charge in [0.25, 0.3) is 11.8 Å². The Kier molecular flexibility index (Phi) is 8.91.